The molecule has 176 valence electrons. The van der Waals surface area contributed by atoms with Crippen LogP contribution in [-0.4, -0.2) is 39.1 Å². The SMILES string of the molecule is COC(=O)C1=C(C(=O)OC)N(c2ccc(S(=O)(=O)O)cc2C)C(N)=C(C#N)C1c1ccccc1. The Kier molecular flexibility index (Phi) is 6.76. The molecule has 11 heteroatoms. The number of anilines is 1. The second-order valence-corrected chi connectivity index (χ2v) is 8.68. The molecule has 2 aromatic rings. The topological polar surface area (TPSA) is 160 Å². The molecule has 0 spiro atoms. The van der Waals surface area contributed by atoms with Crippen LogP contribution < -0.4 is 10.6 Å². The number of nitriles is 1. The second-order valence-electron chi connectivity index (χ2n) is 7.26. The first-order valence-corrected chi connectivity index (χ1v) is 11.2. The van der Waals surface area contributed by atoms with Crippen LogP contribution in [0.25, 0.3) is 0 Å². The maximum absolute atomic E-state index is 13.0. The van der Waals surface area contributed by atoms with E-state index in [1.165, 1.54) is 19.1 Å². The molecule has 0 bridgehead atoms. The van der Waals surface area contributed by atoms with E-state index < -0.39 is 28.0 Å². The summed E-state index contributed by atoms with van der Waals surface area (Å²) in [4.78, 5) is 26.8. The fourth-order valence-corrected chi connectivity index (χ4v) is 4.37. The van der Waals surface area contributed by atoms with Gasteiger partial charge in [0.1, 0.15) is 11.5 Å². The number of benzene rings is 2. The van der Waals surface area contributed by atoms with Crippen molar-refractivity contribution in [1.29, 1.82) is 5.26 Å². The number of carbonyl (C=O) groups is 2. The fraction of sp³-hybridized carbons (Fsp3) is 0.174. The molecule has 10 nitrogen and oxygen atoms in total. The lowest BCUT2D eigenvalue weighted by Crippen LogP contribution is -2.41. The van der Waals surface area contributed by atoms with E-state index in [9.17, 15) is 27.8 Å². The first kappa shape index (κ1) is 24.5. The third kappa shape index (κ3) is 4.24. The molecule has 1 aliphatic rings. The van der Waals surface area contributed by atoms with Gasteiger partial charge in [0.05, 0.1) is 47.9 Å². The molecule has 3 N–H and O–H groups in total. The van der Waals surface area contributed by atoms with E-state index >= 15 is 0 Å². The number of nitrogens with two attached hydrogens (primary N) is 1. The zero-order valence-corrected chi connectivity index (χ0v) is 19.3. The summed E-state index contributed by atoms with van der Waals surface area (Å²) in [6.45, 7) is 1.51. The van der Waals surface area contributed by atoms with Gasteiger partial charge in [-0.15, -0.1) is 0 Å². The predicted molar refractivity (Wildman–Crippen MR) is 121 cm³/mol. The number of methoxy groups -OCH3 is 2. The number of hydrogen-bond donors (Lipinski definition) is 2. The molecule has 1 atom stereocenters. The van der Waals surface area contributed by atoms with Crippen molar-refractivity contribution in [3.8, 4) is 6.07 Å². The highest BCUT2D eigenvalue weighted by Gasteiger charge is 2.43. The van der Waals surface area contributed by atoms with Crippen LogP contribution in [0.5, 0.6) is 0 Å². The maximum Gasteiger partial charge on any atom is 0.355 e. The van der Waals surface area contributed by atoms with E-state index in [2.05, 4.69) is 0 Å². The molecule has 1 unspecified atom stereocenters. The fourth-order valence-electron chi connectivity index (χ4n) is 3.80. The average molecular weight is 484 g/mol. The van der Waals surface area contributed by atoms with Crippen LogP contribution in [0.4, 0.5) is 5.69 Å². The van der Waals surface area contributed by atoms with Gasteiger partial charge in [0.15, 0.2) is 0 Å². The minimum Gasteiger partial charge on any atom is -0.466 e. The number of rotatable bonds is 5. The minimum atomic E-state index is -4.50. The third-order valence-electron chi connectivity index (χ3n) is 5.32. The summed E-state index contributed by atoms with van der Waals surface area (Å²) in [7, 11) is -2.25. The molecule has 0 radical (unpaired) electrons. The summed E-state index contributed by atoms with van der Waals surface area (Å²) >= 11 is 0. The van der Waals surface area contributed by atoms with Crippen molar-refractivity contribution in [2.75, 3.05) is 19.1 Å². The van der Waals surface area contributed by atoms with Gasteiger partial charge in [-0.2, -0.15) is 13.7 Å². The molecule has 0 saturated carbocycles. The molecular formula is C23H21N3O7S. The lowest BCUT2D eigenvalue weighted by Gasteiger charge is -2.36. The summed E-state index contributed by atoms with van der Waals surface area (Å²) < 4.78 is 42.4. The van der Waals surface area contributed by atoms with Crippen LogP contribution in [0.2, 0.25) is 0 Å². The highest BCUT2D eigenvalue weighted by atomic mass is 32.2. The normalized spacial score (nSPS) is 16.2. The smallest absolute Gasteiger partial charge is 0.355 e. The van der Waals surface area contributed by atoms with Gasteiger partial charge in [0, 0.05) is 0 Å². The van der Waals surface area contributed by atoms with Crippen LogP contribution in [0.1, 0.15) is 17.0 Å². The van der Waals surface area contributed by atoms with Crippen molar-refractivity contribution >= 4 is 27.7 Å². The Balaban J connectivity index is 2.42. The lowest BCUT2D eigenvalue weighted by molar-refractivity contribution is -0.139. The maximum atomic E-state index is 13.0. The predicted octanol–water partition coefficient (Wildman–Crippen LogP) is 2.14. The molecule has 0 aromatic heterocycles. The first-order chi connectivity index (χ1) is 16.1. The van der Waals surface area contributed by atoms with Crippen LogP contribution in [-0.2, 0) is 29.2 Å². The monoisotopic (exact) mass is 483 g/mol. The second kappa shape index (κ2) is 9.38. The molecule has 0 amide bonds. The van der Waals surface area contributed by atoms with E-state index in [1.807, 2.05) is 6.07 Å². The summed E-state index contributed by atoms with van der Waals surface area (Å²) in [5.41, 5.74) is 6.88. The lowest BCUT2D eigenvalue weighted by atomic mass is 9.81. The van der Waals surface area contributed by atoms with Gasteiger partial charge in [-0.05, 0) is 36.2 Å². The van der Waals surface area contributed by atoms with Crippen molar-refractivity contribution in [2.45, 2.75) is 17.7 Å². The number of nitrogens with zero attached hydrogens (tertiary/aromatic N) is 2. The zero-order chi connectivity index (χ0) is 25.2. The van der Waals surface area contributed by atoms with Crippen molar-refractivity contribution < 1.29 is 32.0 Å². The number of hydrogen-bond acceptors (Lipinski definition) is 9. The van der Waals surface area contributed by atoms with E-state index in [1.54, 1.807) is 30.3 Å². The van der Waals surface area contributed by atoms with Gasteiger partial charge in [-0.3, -0.25) is 9.45 Å². The standard InChI is InChI=1S/C23H21N3O7S/c1-13-11-15(34(29,30)31)9-10-17(13)26-20(23(28)33-3)19(22(27)32-2)18(16(12-24)21(26)25)14-7-5-4-6-8-14/h4-11,18H,25H2,1-3H3,(H,29,30,31). The van der Waals surface area contributed by atoms with Gasteiger partial charge in [0.25, 0.3) is 10.1 Å². The van der Waals surface area contributed by atoms with Gasteiger partial charge in [-0.1, -0.05) is 30.3 Å². The summed E-state index contributed by atoms with van der Waals surface area (Å²) in [5, 5.41) is 10.0. The number of allylic oxidation sites excluding steroid dienone is 1. The molecule has 0 fully saturated rings. The van der Waals surface area contributed by atoms with E-state index in [4.69, 9.17) is 15.2 Å². The van der Waals surface area contributed by atoms with Gasteiger partial charge in [-0.25, -0.2) is 9.59 Å². The molecule has 0 aliphatic carbocycles. The Morgan fingerprint density at radius 2 is 1.71 bits per heavy atom. The first-order valence-electron chi connectivity index (χ1n) is 9.80. The van der Waals surface area contributed by atoms with E-state index in [0.717, 1.165) is 25.2 Å². The Hall–Kier alpha value is -4.14. The summed E-state index contributed by atoms with van der Waals surface area (Å²) in [6.07, 6.45) is 0. The minimum absolute atomic E-state index is 0.0301. The largest absolute Gasteiger partial charge is 0.466 e. The highest BCUT2D eigenvalue weighted by Crippen LogP contribution is 2.43. The van der Waals surface area contributed by atoms with Crippen LogP contribution in [0.15, 0.2) is 76.1 Å². The zero-order valence-electron chi connectivity index (χ0n) is 18.5. The highest BCUT2D eigenvalue weighted by molar-refractivity contribution is 7.85. The molecule has 3 rings (SSSR count). The average Bonchev–Trinajstić information content (AvgIpc) is 2.82. The van der Waals surface area contributed by atoms with Crippen molar-refractivity contribution in [3.63, 3.8) is 0 Å². The number of ether oxygens (including phenoxy) is 2. The number of carbonyl (C=O) groups excluding carboxylic acids is 2. The number of esters is 2. The van der Waals surface area contributed by atoms with Crippen molar-refractivity contribution in [1.82, 2.24) is 0 Å². The van der Waals surface area contributed by atoms with Crippen molar-refractivity contribution in [3.05, 3.63) is 82.3 Å². The summed E-state index contributed by atoms with van der Waals surface area (Å²) in [5.74, 6) is -3.00. The Bertz CT molecular complexity index is 1370. The Morgan fingerprint density at radius 1 is 1.09 bits per heavy atom. The molecule has 0 saturated heterocycles. The van der Waals surface area contributed by atoms with Gasteiger partial charge < -0.3 is 15.2 Å². The van der Waals surface area contributed by atoms with Crippen molar-refractivity contribution in [2.24, 2.45) is 5.73 Å². The Morgan fingerprint density at radius 3 is 2.21 bits per heavy atom. The number of aryl methyl sites for hydroxylation is 1. The molecular weight excluding hydrogens is 462 g/mol. The van der Waals surface area contributed by atoms with E-state index in [0.29, 0.717) is 5.56 Å². The van der Waals surface area contributed by atoms with Gasteiger partial charge >= 0.3 is 11.9 Å². The quantitative estimate of drug-likeness (QED) is 0.476. The van der Waals surface area contributed by atoms with Crippen LogP contribution in [0, 0.1) is 18.3 Å². The molecule has 2 aromatic carbocycles. The molecule has 34 heavy (non-hydrogen) atoms. The molecule has 1 heterocycles. The van der Waals surface area contributed by atoms with Gasteiger partial charge in [0.2, 0.25) is 0 Å². The Labute approximate surface area is 196 Å². The van der Waals surface area contributed by atoms with Crippen LogP contribution >= 0.6 is 0 Å². The van der Waals surface area contributed by atoms with Crippen LogP contribution in [0.3, 0.4) is 0 Å². The molecule has 1 aliphatic heterocycles. The van der Waals surface area contributed by atoms with E-state index in [-0.39, 0.29) is 38.8 Å². The summed E-state index contributed by atoms with van der Waals surface area (Å²) in [6, 6.07) is 14.1. The third-order valence-corrected chi connectivity index (χ3v) is 6.17.